The number of carbonyl (C=O) groups is 1. The lowest BCUT2D eigenvalue weighted by molar-refractivity contribution is -0.138. The van der Waals surface area contributed by atoms with Gasteiger partial charge in [0.05, 0.1) is 0 Å². The van der Waals surface area contributed by atoms with Gasteiger partial charge in [-0.25, -0.2) is 4.39 Å². The number of rotatable bonds is 3. The number of amides is 1. The van der Waals surface area contributed by atoms with Crippen LogP contribution in [0.15, 0.2) is 28.8 Å². The van der Waals surface area contributed by atoms with E-state index in [1.54, 1.807) is 12.1 Å². The Hall–Kier alpha value is -2.24. The predicted molar refractivity (Wildman–Crippen MR) is 90.2 cm³/mol. The van der Waals surface area contributed by atoms with Crippen molar-refractivity contribution in [3.63, 3.8) is 0 Å². The zero-order valence-electron chi connectivity index (χ0n) is 14.6. The highest BCUT2D eigenvalue weighted by Crippen LogP contribution is 2.47. The molecule has 2 aromatic rings. The molecular formula is C19H22FN3O2. The van der Waals surface area contributed by atoms with Gasteiger partial charge < -0.3 is 9.42 Å². The number of likely N-dealkylation sites (tertiary alicyclic amines) is 1. The Morgan fingerprint density at radius 1 is 1.20 bits per heavy atom. The van der Waals surface area contributed by atoms with E-state index >= 15 is 0 Å². The van der Waals surface area contributed by atoms with Gasteiger partial charge in [0.2, 0.25) is 5.91 Å². The van der Waals surface area contributed by atoms with Crippen LogP contribution < -0.4 is 0 Å². The fraction of sp³-hybridized carbons (Fsp3) is 0.526. The van der Waals surface area contributed by atoms with Crippen LogP contribution in [0.5, 0.6) is 0 Å². The molecule has 5 nitrogen and oxygen atoms in total. The summed E-state index contributed by atoms with van der Waals surface area (Å²) in [6.45, 7) is 5.54. The van der Waals surface area contributed by atoms with Gasteiger partial charge in [0, 0.05) is 29.5 Å². The normalized spacial score (nSPS) is 25.0. The molecule has 25 heavy (non-hydrogen) atoms. The molecule has 2 heterocycles. The van der Waals surface area contributed by atoms with Gasteiger partial charge in [0.1, 0.15) is 5.82 Å². The lowest BCUT2D eigenvalue weighted by atomic mass is 9.80. The average molecular weight is 343 g/mol. The summed E-state index contributed by atoms with van der Waals surface area (Å²) in [5.74, 6) is 0.949. The first-order chi connectivity index (χ1) is 11.9. The zero-order chi connectivity index (χ0) is 17.7. The molecule has 1 aromatic carbocycles. The minimum atomic E-state index is -0.319. The molecule has 4 rings (SSSR count). The van der Waals surface area contributed by atoms with Crippen molar-refractivity contribution >= 4 is 5.91 Å². The van der Waals surface area contributed by atoms with Crippen LogP contribution in [0.4, 0.5) is 4.39 Å². The lowest BCUT2D eigenvalue weighted by Crippen LogP contribution is -2.49. The summed E-state index contributed by atoms with van der Waals surface area (Å²) >= 11 is 0. The second kappa shape index (κ2) is 5.64. The molecule has 1 atom stereocenters. The van der Waals surface area contributed by atoms with Crippen LogP contribution in [0.3, 0.4) is 0 Å². The molecule has 1 unspecified atom stereocenters. The summed E-state index contributed by atoms with van der Waals surface area (Å²) in [5, 5.41) is 4.16. The first-order valence-electron chi connectivity index (χ1n) is 8.79. The third-order valence-electron chi connectivity index (χ3n) is 5.56. The Bertz CT molecular complexity index is 797. The van der Waals surface area contributed by atoms with Crippen molar-refractivity contribution in [2.45, 2.75) is 44.9 Å². The first kappa shape index (κ1) is 16.2. The van der Waals surface area contributed by atoms with E-state index in [1.807, 2.05) is 11.8 Å². The van der Waals surface area contributed by atoms with Crippen LogP contribution >= 0.6 is 0 Å². The molecule has 0 radical (unpaired) electrons. The molecule has 2 aliphatic rings. The average Bonchev–Trinajstić information content (AvgIpc) is 3.16. The van der Waals surface area contributed by atoms with E-state index < -0.39 is 0 Å². The summed E-state index contributed by atoms with van der Waals surface area (Å²) in [6.07, 6.45) is 3.81. The fourth-order valence-electron chi connectivity index (χ4n) is 3.56. The van der Waals surface area contributed by atoms with Gasteiger partial charge in [-0.3, -0.25) is 4.79 Å². The highest BCUT2D eigenvalue weighted by molar-refractivity contribution is 5.85. The van der Waals surface area contributed by atoms with Crippen LogP contribution in [0.2, 0.25) is 0 Å². The summed E-state index contributed by atoms with van der Waals surface area (Å²) in [4.78, 5) is 19.2. The quantitative estimate of drug-likeness (QED) is 0.855. The largest absolute Gasteiger partial charge is 0.341 e. The molecule has 0 spiro atoms. The number of piperidine rings is 1. The lowest BCUT2D eigenvalue weighted by Gasteiger charge is -2.39. The maximum Gasteiger partial charge on any atom is 0.257 e. The Morgan fingerprint density at radius 3 is 2.60 bits per heavy atom. The minimum Gasteiger partial charge on any atom is -0.341 e. The van der Waals surface area contributed by atoms with Gasteiger partial charge in [-0.2, -0.15) is 4.98 Å². The van der Waals surface area contributed by atoms with Crippen LogP contribution in [0.25, 0.3) is 11.5 Å². The summed E-state index contributed by atoms with van der Waals surface area (Å²) < 4.78 is 18.5. The molecule has 1 aromatic heterocycles. The fourth-order valence-corrected chi connectivity index (χ4v) is 3.56. The number of halogens is 1. The maximum absolute atomic E-state index is 13.1. The van der Waals surface area contributed by atoms with Crippen LogP contribution in [-0.4, -0.2) is 34.0 Å². The summed E-state index contributed by atoms with van der Waals surface area (Å²) in [5.41, 5.74) is 0.216. The smallest absolute Gasteiger partial charge is 0.257 e. The Balaban J connectivity index is 1.56. The van der Waals surface area contributed by atoms with Gasteiger partial charge in [-0.05, 0) is 49.9 Å². The van der Waals surface area contributed by atoms with Crippen LogP contribution in [-0.2, 0) is 10.2 Å². The number of carbonyl (C=O) groups excluding carboxylic acids is 1. The van der Waals surface area contributed by atoms with Gasteiger partial charge in [-0.1, -0.05) is 19.0 Å². The molecule has 1 saturated heterocycles. The van der Waals surface area contributed by atoms with Crippen molar-refractivity contribution in [1.82, 2.24) is 15.0 Å². The zero-order valence-corrected chi connectivity index (χ0v) is 14.6. The van der Waals surface area contributed by atoms with Crippen molar-refractivity contribution in [3.8, 4) is 11.5 Å². The molecule has 0 bridgehead atoms. The molecule has 2 fully saturated rings. The monoisotopic (exact) mass is 343 g/mol. The van der Waals surface area contributed by atoms with E-state index in [0.29, 0.717) is 23.8 Å². The Morgan fingerprint density at radius 2 is 1.92 bits per heavy atom. The summed E-state index contributed by atoms with van der Waals surface area (Å²) in [7, 11) is 0. The molecule has 1 amide bonds. The molecule has 1 saturated carbocycles. The van der Waals surface area contributed by atoms with Crippen molar-refractivity contribution in [2.75, 3.05) is 13.1 Å². The van der Waals surface area contributed by atoms with Crippen molar-refractivity contribution in [3.05, 3.63) is 35.9 Å². The van der Waals surface area contributed by atoms with Gasteiger partial charge >= 0.3 is 0 Å². The highest BCUT2D eigenvalue weighted by Gasteiger charge is 2.49. The number of hydrogen-bond donors (Lipinski definition) is 0. The topological polar surface area (TPSA) is 59.2 Å². The van der Waals surface area contributed by atoms with E-state index in [1.165, 1.54) is 12.1 Å². The number of aromatic nitrogens is 2. The molecule has 1 aliphatic carbocycles. The van der Waals surface area contributed by atoms with Gasteiger partial charge in [0.25, 0.3) is 5.89 Å². The molecule has 1 aliphatic heterocycles. The molecule has 0 N–H and O–H groups in total. The van der Waals surface area contributed by atoms with Crippen molar-refractivity contribution in [2.24, 2.45) is 5.41 Å². The first-order valence-corrected chi connectivity index (χ1v) is 8.79. The van der Waals surface area contributed by atoms with E-state index in [4.69, 9.17) is 4.52 Å². The minimum absolute atomic E-state index is 0.158. The third-order valence-corrected chi connectivity index (χ3v) is 5.56. The van der Waals surface area contributed by atoms with Gasteiger partial charge in [-0.15, -0.1) is 0 Å². The predicted octanol–water partition coefficient (Wildman–Crippen LogP) is 3.56. The van der Waals surface area contributed by atoms with Crippen molar-refractivity contribution < 1.29 is 13.7 Å². The molecular weight excluding hydrogens is 321 g/mol. The Kier molecular flexibility index (Phi) is 3.67. The number of hydrogen-bond acceptors (Lipinski definition) is 4. The maximum atomic E-state index is 13.1. The summed E-state index contributed by atoms with van der Waals surface area (Å²) in [6, 6.07) is 6.00. The van der Waals surface area contributed by atoms with Crippen LogP contribution in [0.1, 0.15) is 45.4 Å². The standard InChI is InChI=1S/C19H22FN3O2/c1-18(9-10-18)17(24)23-11-3-8-19(2,12-23)16-21-15(25-22-16)13-4-6-14(20)7-5-13/h4-7H,3,8-12H2,1-2H3. The number of nitrogens with zero attached hydrogens (tertiary/aromatic N) is 3. The second-order valence-corrected chi connectivity index (χ2v) is 7.88. The Labute approximate surface area is 146 Å². The molecule has 6 heteroatoms. The second-order valence-electron chi connectivity index (χ2n) is 7.88. The van der Waals surface area contributed by atoms with E-state index in [-0.39, 0.29) is 22.6 Å². The van der Waals surface area contributed by atoms with E-state index in [2.05, 4.69) is 17.1 Å². The SMILES string of the molecule is CC1(C(=O)N2CCCC(C)(c3noc(-c4ccc(F)cc4)n3)C2)CC1. The molecule has 132 valence electrons. The van der Waals surface area contributed by atoms with Crippen molar-refractivity contribution in [1.29, 1.82) is 0 Å². The number of benzene rings is 1. The van der Waals surface area contributed by atoms with Crippen LogP contribution in [0, 0.1) is 11.2 Å². The van der Waals surface area contributed by atoms with E-state index in [0.717, 1.165) is 32.2 Å². The van der Waals surface area contributed by atoms with Gasteiger partial charge in [0.15, 0.2) is 5.82 Å². The van der Waals surface area contributed by atoms with E-state index in [9.17, 15) is 9.18 Å². The third kappa shape index (κ3) is 2.94. The highest BCUT2D eigenvalue weighted by atomic mass is 19.1.